The van der Waals surface area contributed by atoms with Gasteiger partial charge in [0.1, 0.15) is 4.60 Å². The molecule has 0 saturated carbocycles. The zero-order valence-electron chi connectivity index (χ0n) is 9.44. The first kappa shape index (κ1) is 12.5. The summed E-state index contributed by atoms with van der Waals surface area (Å²) in [6.45, 7) is 0.711. The number of aromatic nitrogens is 1. The maximum absolute atomic E-state index is 12.0. The van der Waals surface area contributed by atoms with Gasteiger partial charge in [-0.3, -0.25) is 4.79 Å². The van der Waals surface area contributed by atoms with Gasteiger partial charge in [0, 0.05) is 19.9 Å². The molecule has 0 radical (unpaired) electrons. The molecule has 2 atom stereocenters. The quantitative estimate of drug-likeness (QED) is 0.822. The molecule has 0 spiro atoms. The van der Waals surface area contributed by atoms with Crippen molar-refractivity contribution in [3.8, 4) is 0 Å². The van der Waals surface area contributed by atoms with Gasteiger partial charge in [-0.1, -0.05) is 0 Å². The summed E-state index contributed by atoms with van der Waals surface area (Å²) in [4.78, 5) is 16.0. The van der Waals surface area contributed by atoms with E-state index in [0.29, 0.717) is 23.3 Å². The Morgan fingerprint density at radius 2 is 2.53 bits per heavy atom. The van der Waals surface area contributed by atoms with Crippen LogP contribution >= 0.6 is 15.9 Å². The number of carbonyl (C=O) groups is 1. The Bertz CT molecular complexity index is 413. The lowest BCUT2D eigenvalue weighted by atomic mass is 10.2. The summed E-state index contributed by atoms with van der Waals surface area (Å²) in [6, 6.07) is 3.38. The van der Waals surface area contributed by atoms with Crippen LogP contribution in [0, 0.1) is 0 Å². The molecule has 1 fully saturated rings. The Hall–Kier alpha value is -0.980. The van der Waals surface area contributed by atoms with Crippen molar-refractivity contribution in [1.82, 2.24) is 10.3 Å². The molecule has 5 nitrogen and oxygen atoms in total. The summed E-state index contributed by atoms with van der Waals surface area (Å²) in [5, 5.41) is 5.95. The van der Waals surface area contributed by atoms with Crippen LogP contribution in [0.5, 0.6) is 0 Å². The second-order valence-corrected chi connectivity index (χ2v) is 4.64. The summed E-state index contributed by atoms with van der Waals surface area (Å²) in [7, 11) is 1.66. The van der Waals surface area contributed by atoms with Gasteiger partial charge in [0.05, 0.1) is 17.8 Å². The normalized spacial score (nSPS) is 23.6. The van der Waals surface area contributed by atoms with Gasteiger partial charge in [-0.15, -0.1) is 0 Å². The average molecular weight is 300 g/mol. The first-order valence-electron chi connectivity index (χ1n) is 5.38. The van der Waals surface area contributed by atoms with E-state index in [-0.39, 0.29) is 18.1 Å². The van der Waals surface area contributed by atoms with Crippen molar-refractivity contribution in [3.63, 3.8) is 0 Å². The SMILES string of the molecule is COC1CNC(C(=O)Nc2cccnc2Br)C1. The fourth-order valence-electron chi connectivity index (χ4n) is 1.78. The number of ether oxygens (including phenoxy) is 1. The van der Waals surface area contributed by atoms with Gasteiger partial charge in [0.2, 0.25) is 5.91 Å². The molecule has 0 aromatic carbocycles. The lowest BCUT2D eigenvalue weighted by molar-refractivity contribution is -0.118. The number of amides is 1. The van der Waals surface area contributed by atoms with E-state index in [1.807, 2.05) is 0 Å². The Balaban J connectivity index is 1.96. The van der Waals surface area contributed by atoms with Crippen molar-refractivity contribution in [1.29, 1.82) is 0 Å². The number of hydrogen-bond donors (Lipinski definition) is 2. The predicted molar refractivity (Wildman–Crippen MR) is 67.8 cm³/mol. The fraction of sp³-hybridized carbons (Fsp3) is 0.455. The lowest BCUT2D eigenvalue weighted by Gasteiger charge is -2.11. The molecule has 2 rings (SSSR count). The van der Waals surface area contributed by atoms with E-state index in [0.717, 1.165) is 0 Å². The summed E-state index contributed by atoms with van der Waals surface area (Å²) >= 11 is 3.29. The Labute approximate surface area is 108 Å². The number of carbonyl (C=O) groups excluding carboxylic acids is 1. The van der Waals surface area contributed by atoms with Crippen LogP contribution in [-0.2, 0) is 9.53 Å². The van der Waals surface area contributed by atoms with Gasteiger partial charge in [0.15, 0.2) is 0 Å². The third-order valence-electron chi connectivity index (χ3n) is 2.76. The molecule has 1 saturated heterocycles. The van der Waals surface area contributed by atoms with Crippen LogP contribution in [0.3, 0.4) is 0 Å². The molecule has 1 aromatic rings. The standard InChI is InChI=1S/C11H14BrN3O2/c1-17-7-5-9(14-6-7)11(16)15-8-3-2-4-13-10(8)12/h2-4,7,9,14H,5-6H2,1H3,(H,15,16). The third-order valence-corrected chi connectivity index (χ3v) is 3.39. The molecule has 2 unspecified atom stereocenters. The molecule has 1 amide bonds. The summed E-state index contributed by atoms with van der Waals surface area (Å²) in [6.07, 6.45) is 2.47. The molecule has 0 bridgehead atoms. The molecular weight excluding hydrogens is 286 g/mol. The van der Waals surface area contributed by atoms with Crippen LogP contribution in [0.4, 0.5) is 5.69 Å². The van der Waals surface area contributed by atoms with Crippen LogP contribution in [0.25, 0.3) is 0 Å². The van der Waals surface area contributed by atoms with E-state index in [9.17, 15) is 4.79 Å². The van der Waals surface area contributed by atoms with E-state index in [1.54, 1.807) is 25.4 Å². The second kappa shape index (κ2) is 5.57. The minimum Gasteiger partial charge on any atom is -0.380 e. The Kier molecular flexibility index (Phi) is 4.09. The predicted octanol–water partition coefficient (Wildman–Crippen LogP) is 1.16. The molecule has 92 valence electrons. The number of rotatable bonds is 3. The van der Waals surface area contributed by atoms with Crippen molar-refractivity contribution in [3.05, 3.63) is 22.9 Å². The Morgan fingerprint density at radius 3 is 3.18 bits per heavy atom. The van der Waals surface area contributed by atoms with Gasteiger partial charge in [-0.25, -0.2) is 4.98 Å². The Morgan fingerprint density at radius 1 is 1.71 bits per heavy atom. The molecule has 17 heavy (non-hydrogen) atoms. The zero-order chi connectivity index (χ0) is 12.3. The van der Waals surface area contributed by atoms with Crippen LogP contribution in [0.2, 0.25) is 0 Å². The average Bonchev–Trinajstić information content (AvgIpc) is 2.81. The first-order chi connectivity index (χ1) is 8.20. The van der Waals surface area contributed by atoms with Crippen LogP contribution in [0.15, 0.2) is 22.9 Å². The highest BCUT2D eigenvalue weighted by Gasteiger charge is 2.29. The molecule has 0 aliphatic carbocycles. The number of anilines is 1. The van der Waals surface area contributed by atoms with E-state index in [2.05, 4.69) is 31.5 Å². The number of methoxy groups -OCH3 is 1. The summed E-state index contributed by atoms with van der Waals surface area (Å²) in [5.74, 6) is -0.0572. The summed E-state index contributed by atoms with van der Waals surface area (Å²) < 4.78 is 5.84. The van der Waals surface area contributed by atoms with Crippen molar-refractivity contribution >= 4 is 27.5 Å². The van der Waals surface area contributed by atoms with Gasteiger partial charge in [0.25, 0.3) is 0 Å². The van der Waals surface area contributed by atoms with Gasteiger partial charge in [-0.2, -0.15) is 0 Å². The molecule has 2 heterocycles. The highest BCUT2D eigenvalue weighted by Crippen LogP contribution is 2.19. The number of pyridine rings is 1. The van der Waals surface area contributed by atoms with E-state index < -0.39 is 0 Å². The van der Waals surface area contributed by atoms with Crippen molar-refractivity contribution in [2.75, 3.05) is 19.0 Å². The van der Waals surface area contributed by atoms with E-state index in [1.165, 1.54) is 0 Å². The van der Waals surface area contributed by atoms with Crippen molar-refractivity contribution in [2.45, 2.75) is 18.6 Å². The maximum atomic E-state index is 12.0. The number of halogens is 1. The number of hydrogen-bond acceptors (Lipinski definition) is 4. The minimum atomic E-state index is -0.202. The molecular formula is C11H14BrN3O2. The maximum Gasteiger partial charge on any atom is 0.241 e. The van der Waals surface area contributed by atoms with E-state index in [4.69, 9.17) is 4.74 Å². The highest BCUT2D eigenvalue weighted by atomic mass is 79.9. The highest BCUT2D eigenvalue weighted by molar-refractivity contribution is 9.10. The molecule has 1 aromatic heterocycles. The first-order valence-corrected chi connectivity index (χ1v) is 6.17. The molecule has 2 N–H and O–H groups in total. The largest absolute Gasteiger partial charge is 0.380 e. The fourth-order valence-corrected chi connectivity index (χ4v) is 2.13. The van der Waals surface area contributed by atoms with Crippen LogP contribution in [-0.4, -0.2) is 36.7 Å². The van der Waals surface area contributed by atoms with E-state index >= 15 is 0 Å². The molecule has 1 aliphatic heterocycles. The minimum absolute atomic E-state index is 0.0572. The lowest BCUT2D eigenvalue weighted by Crippen LogP contribution is -2.35. The van der Waals surface area contributed by atoms with Gasteiger partial charge >= 0.3 is 0 Å². The third kappa shape index (κ3) is 3.02. The number of nitrogens with zero attached hydrogens (tertiary/aromatic N) is 1. The van der Waals surface area contributed by atoms with Gasteiger partial charge in [-0.05, 0) is 34.5 Å². The zero-order valence-corrected chi connectivity index (χ0v) is 11.0. The monoisotopic (exact) mass is 299 g/mol. The molecule has 1 aliphatic rings. The van der Waals surface area contributed by atoms with Crippen LogP contribution < -0.4 is 10.6 Å². The van der Waals surface area contributed by atoms with Crippen LogP contribution in [0.1, 0.15) is 6.42 Å². The summed E-state index contributed by atoms with van der Waals surface area (Å²) in [5.41, 5.74) is 0.681. The smallest absolute Gasteiger partial charge is 0.241 e. The van der Waals surface area contributed by atoms with Crippen molar-refractivity contribution < 1.29 is 9.53 Å². The van der Waals surface area contributed by atoms with Gasteiger partial charge < -0.3 is 15.4 Å². The van der Waals surface area contributed by atoms with Crippen molar-refractivity contribution in [2.24, 2.45) is 0 Å². The molecule has 6 heteroatoms. The number of nitrogens with one attached hydrogen (secondary N) is 2. The topological polar surface area (TPSA) is 63.2 Å². The second-order valence-electron chi connectivity index (χ2n) is 3.89.